The highest BCUT2D eigenvalue weighted by atomic mass is 32.2. The van der Waals surface area contributed by atoms with Gasteiger partial charge in [-0.3, -0.25) is 0 Å². The van der Waals surface area contributed by atoms with Gasteiger partial charge in [-0.25, -0.2) is 9.97 Å². The fourth-order valence-electron chi connectivity index (χ4n) is 2.08. The van der Waals surface area contributed by atoms with Gasteiger partial charge in [-0.05, 0) is 25.5 Å². The van der Waals surface area contributed by atoms with Gasteiger partial charge in [-0.15, -0.1) is 0 Å². The van der Waals surface area contributed by atoms with Crippen LogP contribution in [0.1, 0.15) is 45.6 Å². The van der Waals surface area contributed by atoms with Gasteiger partial charge in [0.25, 0.3) is 0 Å². The molecule has 1 heterocycles. The van der Waals surface area contributed by atoms with E-state index in [0.29, 0.717) is 6.04 Å². The second kappa shape index (κ2) is 9.86. The molecule has 0 saturated carbocycles. The smallest absolute Gasteiger partial charge is 0.134 e. The van der Waals surface area contributed by atoms with Gasteiger partial charge in [0.15, 0.2) is 0 Å². The number of hydrogen-bond acceptors (Lipinski definition) is 5. The van der Waals surface area contributed by atoms with Crippen LogP contribution in [0.2, 0.25) is 0 Å². The lowest BCUT2D eigenvalue weighted by atomic mass is 10.1. The molecule has 1 unspecified atom stereocenters. The zero-order valence-electron chi connectivity index (χ0n) is 13.2. The number of rotatable bonds is 10. The zero-order valence-corrected chi connectivity index (χ0v) is 14.0. The van der Waals surface area contributed by atoms with Crippen molar-refractivity contribution < 1.29 is 0 Å². The minimum absolute atomic E-state index is 0.467. The Labute approximate surface area is 127 Å². The van der Waals surface area contributed by atoms with Crippen molar-refractivity contribution in [2.75, 3.05) is 29.2 Å². The molecule has 0 aliphatic carbocycles. The molecule has 0 aliphatic heterocycles. The molecule has 0 saturated heterocycles. The largest absolute Gasteiger partial charge is 0.370 e. The lowest BCUT2D eigenvalue weighted by Crippen LogP contribution is -2.23. The lowest BCUT2D eigenvalue weighted by molar-refractivity contribution is 0.763. The van der Waals surface area contributed by atoms with Crippen LogP contribution in [0.5, 0.6) is 0 Å². The molecule has 1 aromatic heterocycles. The van der Waals surface area contributed by atoms with Crippen LogP contribution in [0.4, 0.5) is 11.6 Å². The predicted molar refractivity (Wildman–Crippen MR) is 90.9 cm³/mol. The summed E-state index contributed by atoms with van der Waals surface area (Å²) < 4.78 is 0. The van der Waals surface area contributed by atoms with E-state index in [-0.39, 0.29) is 0 Å². The van der Waals surface area contributed by atoms with E-state index in [4.69, 9.17) is 0 Å². The molecule has 2 N–H and O–H groups in total. The molecule has 0 aliphatic rings. The molecule has 0 amide bonds. The van der Waals surface area contributed by atoms with Gasteiger partial charge in [-0.2, -0.15) is 11.8 Å². The maximum absolute atomic E-state index is 4.46. The van der Waals surface area contributed by atoms with Crippen molar-refractivity contribution in [3.05, 3.63) is 11.9 Å². The van der Waals surface area contributed by atoms with Crippen LogP contribution < -0.4 is 10.6 Å². The molecule has 4 nitrogen and oxygen atoms in total. The molecule has 0 aromatic carbocycles. The maximum Gasteiger partial charge on any atom is 0.134 e. The van der Waals surface area contributed by atoms with Gasteiger partial charge in [0.05, 0.1) is 0 Å². The van der Waals surface area contributed by atoms with Crippen LogP contribution in [-0.4, -0.2) is 34.6 Å². The highest BCUT2D eigenvalue weighted by Crippen LogP contribution is 2.23. The molecule has 1 atom stereocenters. The monoisotopic (exact) mass is 296 g/mol. The van der Waals surface area contributed by atoms with Crippen LogP contribution in [0.3, 0.4) is 0 Å². The van der Waals surface area contributed by atoms with Crippen molar-refractivity contribution in [2.24, 2.45) is 0 Å². The van der Waals surface area contributed by atoms with Gasteiger partial charge >= 0.3 is 0 Å². The van der Waals surface area contributed by atoms with Crippen molar-refractivity contribution in [1.82, 2.24) is 9.97 Å². The highest BCUT2D eigenvalue weighted by molar-refractivity contribution is 7.98. The Hall–Kier alpha value is -0.970. The third-order valence-electron chi connectivity index (χ3n) is 3.19. The summed E-state index contributed by atoms with van der Waals surface area (Å²) in [5.41, 5.74) is 1.23. The molecule has 1 aromatic rings. The van der Waals surface area contributed by atoms with Gasteiger partial charge < -0.3 is 10.6 Å². The summed E-state index contributed by atoms with van der Waals surface area (Å²) >= 11 is 1.87. The maximum atomic E-state index is 4.46. The lowest BCUT2D eigenvalue weighted by Gasteiger charge is -2.20. The number of nitrogens with zero attached hydrogens (tertiary/aromatic N) is 2. The van der Waals surface area contributed by atoms with Gasteiger partial charge in [-0.1, -0.05) is 27.2 Å². The summed E-state index contributed by atoms with van der Waals surface area (Å²) in [6.07, 6.45) is 8.11. The Morgan fingerprint density at radius 1 is 1.15 bits per heavy atom. The molecule has 0 spiro atoms. The molecule has 0 radical (unpaired) electrons. The van der Waals surface area contributed by atoms with Crippen LogP contribution in [0.15, 0.2) is 6.33 Å². The molecular weight excluding hydrogens is 268 g/mol. The average molecular weight is 296 g/mol. The standard InChI is InChI=1S/C15H28N4S/c1-5-8-13-14(16-9-6-2)17-11-18-15(13)19-12(7-3)10-20-4/h11-12H,5-10H2,1-4H3,(H2,16,17,18,19). The number of hydrogen-bond donors (Lipinski definition) is 2. The Morgan fingerprint density at radius 2 is 1.90 bits per heavy atom. The van der Waals surface area contributed by atoms with E-state index in [1.807, 2.05) is 11.8 Å². The summed E-state index contributed by atoms with van der Waals surface area (Å²) in [5, 5.41) is 7.00. The normalized spacial score (nSPS) is 12.2. The fourth-order valence-corrected chi connectivity index (χ4v) is 2.80. The second-order valence-electron chi connectivity index (χ2n) is 4.93. The SMILES string of the molecule is CCCNc1ncnc(NC(CC)CSC)c1CCC. The third-order valence-corrected chi connectivity index (χ3v) is 3.93. The van der Waals surface area contributed by atoms with Gasteiger partial charge in [0.2, 0.25) is 0 Å². The van der Waals surface area contributed by atoms with Crippen molar-refractivity contribution in [3.63, 3.8) is 0 Å². The zero-order chi connectivity index (χ0) is 14.8. The first-order valence-corrected chi connectivity index (χ1v) is 8.99. The third kappa shape index (κ3) is 5.19. The highest BCUT2D eigenvalue weighted by Gasteiger charge is 2.13. The van der Waals surface area contributed by atoms with E-state index in [1.165, 1.54) is 5.56 Å². The number of aromatic nitrogens is 2. The van der Waals surface area contributed by atoms with Crippen LogP contribution in [-0.2, 0) is 6.42 Å². The Morgan fingerprint density at radius 3 is 2.50 bits per heavy atom. The molecule has 0 fully saturated rings. The number of thioether (sulfide) groups is 1. The quantitative estimate of drug-likeness (QED) is 0.687. The molecule has 20 heavy (non-hydrogen) atoms. The molecular formula is C15H28N4S. The second-order valence-corrected chi connectivity index (χ2v) is 5.84. The number of nitrogens with one attached hydrogen (secondary N) is 2. The van der Waals surface area contributed by atoms with E-state index in [2.05, 4.69) is 47.6 Å². The molecule has 0 bridgehead atoms. The summed E-state index contributed by atoms with van der Waals surface area (Å²) in [7, 11) is 0. The van der Waals surface area contributed by atoms with E-state index in [9.17, 15) is 0 Å². The van der Waals surface area contributed by atoms with Gasteiger partial charge in [0.1, 0.15) is 18.0 Å². The van der Waals surface area contributed by atoms with E-state index < -0.39 is 0 Å². The Balaban J connectivity index is 2.92. The van der Waals surface area contributed by atoms with Crippen molar-refractivity contribution in [2.45, 2.75) is 52.5 Å². The predicted octanol–water partition coefficient (Wildman–Crippen LogP) is 3.80. The van der Waals surface area contributed by atoms with Crippen molar-refractivity contribution >= 4 is 23.4 Å². The average Bonchev–Trinajstić information content (AvgIpc) is 2.47. The van der Waals surface area contributed by atoms with Gasteiger partial charge in [0, 0.05) is 23.9 Å². The van der Waals surface area contributed by atoms with Crippen molar-refractivity contribution in [3.8, 4) is 0 Å². The van der Waals surface area contributed by atoms with E-state index >= 15 is 0 Å². The van der Waals surface area contributed by atoms with E-state index in [1.54, 1.807) is 6.33 Å². The minimum atomic E-state index is 0.467. The summed E-state index contributed by atoms with van der Waals surface area (Å²) in [5.74, 6) is 3.09. The fraction of sp³-hybridized carbons (Fsp3) is 0.733. The topological polar surface area (TPSA) is 49.8 Å². The Bertz CT molecular complexity index is 384. The van der Waals surface area contributed by atoms with E-state index in [0.717, 1.165) is 49.6 Å². The number of anilines is 2. The first kappa shape index (κ1) is 17.1. The van der Waals surface area contributed by atoms with Crippen LogP contribution in [0, 0.1) is 0 Å². The molecule has 5 heteroatoms. The van der Waals surface area contributed by atoms with Crippen molar-refractivity contribution in [1.29, 1.82) is 0 Å². The first-order valence-electron chi connectivity index (χ1n) is 7.59. The van der Waals surface area contributed by atoms with Crippen LogP contribution >= 0.6 is 11.8 Å². The summed E-state index contributed by atoms with van der Waals surface area (Å²) in [4.78, 5) is 8.87. The molecule has 114 valence electrons. The van der Waals surface area contributed by atoms with Crippen LogP contribution in [0.25, 0.3) is 0 Å². The summed E-state index contributed by atoms with van der Waals surface area (Å²) in [6.45, 7) is 7.53. The molecule has 1 rings (SSSR count). The summed E-state index contributed by atoms with van der Waals surface area (Å²) in [6, 6.07) is 0.467. The first-order chi connectivity index (χ1) is 9.76. The Kier molecular flexibility index (Phi) is 8.42. The minimum Gasteiger partial charge on any atom is -0.370 e.